The van der Waals surface area contributed by atoms with Crippen molar-refractivity contribution >= 4 is 0 Å². The van der Waals surface area contributed by atoms with Crippen LogP contribution in [0, 0.1) is 0 Å². The summed E-state index contributed by atoms with van der Waals surface area (Å²) in [5.41, 5.74) is 1.51. The predicted molar refractivity (Wildman–Crippen MR) is 79.4 cm³/mol. The van der Waals surface area contributed by atoms with Gasteiger partial charge in [-0.3, -0.25) is 14.5 Å². The van der Waals surface area contributed by atoms with Crippen molar-refractivity contribution in [1.29, 1.82) is 0 Å². The third-order valence-corrected chi connectivity index (χ3v) is 4.24. The zero-order valence-corrected chi connectivity index (χ0v) is 13.1. The van der Waals surface area contributed by atoms with E-state index in [0.717, 1.165) is 6.54 Å². The molecule has 2 rings (SSSR count). The van der Waals surface area contributed by atoms with Gasteiger partial charge in [-0.2, -0.15) is 5.10 Å². The van der Waals surface area contributed by atoms with Crippen LogP contribution in [0.25, 0.3) is 0 Å². The van der Waals surface area contributed by atoms with E-state index in [4.69, 9.17) is 0 Å². The molecule has 0 aromatic carbocycles. The molecular weight excluding hydrogens is 236 g/mol. The monoisotopic (exact) mass is 264 g/mol. The van der Waals surface area contributed by atoms with Crippen LogP contribution in [0.4, 0.5) is 0 Å². The van der Waals surface area contributed by atoms with E-state index < -0.39 is 0 Å². The summed E-state index contributed by atoms with van der Waals surface area (Å²) in [5, 5.41) is 4.30. The van der Waals surface area contributed by atoms with E-state index >= 15 is 0 Å². The molecule has 0 saturated carbocycles. The number of hydrogen-bond acceptors (Lipinski definition) is 3. The van der Waals surface area contributed by atoms with Crippen LogP contribution in [0.1, 0.15) is 33.3 Å². The second-order valence-corrected chi connectivity index (χ2v) is 6.69. The van der Waals surface area contributed by atoms with Crippen molar-refractivity contribution in [2.45, 2.75) is 39.2 Å². The average molecular weight is 264 g/mol. The van der Waals surface area contributed by atoms with Crippen molar-refractivity contribution in [2.75, 3.05) is 32.7 Å². The minimum atomic E-state index is 0.175. The first-order chi connectivity index (χ1) is 8.88. The summed E-state index contributed by atoms with van der Waals surface area (Å²) in [6.45, 7) is 15.1. The topological polar surface area (TPSA) is 24.3 Å². The highest BCUT2D eigenvalue weighted by molar-refractivity contribution is 5.17. The van der Waals surface area contributed by atoms with Crippen molar-refractivity contribution in [3.8, 4) is 0 Å². The van der Waals surface area contributed by atoms with Gasteiger partial charge in [0.05, 0.1) is 6.20 Å². The fourth-order valence-electron chi connectivity index (χ4n) is 2.86. The highest BCUT2D eigenvalue weighted by Gasteiger charge is 2.27. The number of aryl methyl sites for hydroxylation is 1. The Bertz CT molecular complexity index is 400. The lowest BCUT2D eigenvalue weighted by atomic mass is 9.86. The van der Waals surface area contributed by atoms with Gasteiger partial charge in [0.25, 0.3) is 0 Å². The third-order valence-electron chi connectivity index (χ3n) is 4.24. The lowest BCUT2D eigenvalue weighted by Gasteiger charge is -2.40. The highest BCUT2D eigenvalue weighted by atomic mass is 15.3. The molecule has 1 aromatic rings. The Morgan fingerprint density at radius 2 is 1.84 bits per heavy atom. The third kappa shape index (κ3) is 3.57. The lowest BCUT2D eigenvalue weighted by Crippen LogP contribution is -2.51. The van der Waals surface area contributed by atoms with E-state index in [2.05, 4.69) is 48.8 Å². The van der Waals surface area contributed by atoms with Crippen LogP contribution in [0.3, 0.4) is 0 Å². The molecule has 1 aliphatic heterocycles. The van der Waals surface area contributed by atoms with E-state index in [1.54, 1.807) is 0 Å². The Hall–Kier alpha value is -0.870. The van der Waals surface area contributed by atoms with Gasteiger partial charge in [0, 0.05) is 57.4 Å². The van der Waals surface area contributed by atoms with Crippen molar-refractivity contribution in [2.24, 2.45) is 7.05 Å². The fourth-order valence-corrected chi connectivity index (χ4v) is 2.86. The molecule has 0 atom stereocenters. The second-order valence-electron chi connectivity index (χ2n) is 6.69. The lowest BCUT2D eigenvalue weighted by molar-refractivity contribution is 0.0949. The average Bonchev–Trinajstić information content (AvgIpc) is 2.77. The van der Waals surface area contributed by atoms with Crippen LogP contribution in [-0.2, 0) is 12.5 Å². The Labute approximate surface area is 117 Å². The smallest absolute Gasteiger partial charge is 0.0527 e. The number of piperazine rings is 1. The summed E-state index contributed by atoms with van der Waals surface area (Å²) in [5.74, 6) is 0. The molecule has 0 radical (unpaired) electrons. The molecule has 1 aliphatic rings. The molecule has 1 saturated heterocycles. The van der Waals surface area contributed by atoms with Crippen molar-refractivity contribution in [1.82, 2.24) is 19.6 Å². The van der Waals surface area contributed by atoms with Crippen LogP contribution < -0.4 is 0 Å². The van der Waals surface area contributed by atoms with Gasteiger partial charge in [-0.1, -0.05) is 13.8 Å². The summed E-state index contributed by atoms with van der Waals surface area (Å²) in [6, 6.07) is 0.675. The molecule has 1 fully saturated rings. The molecule has 0 amide bonds. The van der Waals surface area contributed by atoms with Crippen molar-refractivity contribution in [3.05, 3.63) is 18.0 Å². The van der Waals surface area contributed by atoms with Crippen LogP contribution in [0.2, 0.25) is 0 Å². The molecule has 0 bridgehead atoms. The summed E-state index contributed by atoms with van der Waals surface area (Å²) < 4.78 is 1.90. The summed E-state index contributed by atoms with van der Waals surface area (Å²) in [4.78, 5) is 5.15. The quantitative estimate of drug-likeness (QED) is 0.827. The highest BCUT2D eigenvalue weighted by Crippen LogP contribution is 2.24. The molecule has 19 heavy (non-hydrogen) atoms. The molecule has 2 heterocycles. The minimum Gasteiger partial charge on any atom is -0.300 e. The maximum atomic E-state index is 4.30. The van der Waals surface area contributed by atoms with E-state index in [1.807, 2.05) is 17.9 Å². The van der Waals surface area contributed by atoms with Crippen LogP contribution in [-0.4, -0.2) is 58.3 Å². The van der Waals surface area contributed by atoms with E-state index in [1.165, 1.54) is 31.7 Å². The van der Waals surface area contributed by atoms with Crippen LogP contribution in [0.15, 0.2) is 12.4 Å². The zero-order chi connectivity index (χ0) is 14.0. The number of nitrogens with zero attached hydrogens (tertiary/aromatic N) is 4. The molecule has 0 N–H and O–H groups in total. The standard InChI is InChI=1S/C15H28N4/c1-13(2)19-8-6-18(7-9-19)12-15(3,4)14-10-16-17(5)11-14/h10-11,13H,6-9,12H2,1-5H3. The molecule has 0 aliphatic carbocycles. The van der Waals surface area contributed by atoms with Gasteiger partial charge in [-0.05, 0) is 19.4 Å². The first kappa shape index (κ1) is 14.5. The summed E-state index contributed by atoms with van der Waals surface area (Å²) >= 11 is 0. The second kappa shape index (κ2) is 5.63. The number of aromatic nitrogens is 2. The predicted octanol–water partition coefficient (Wildman–Crippen LogP) is 1.72. The van der Waals surface area contributed by atoms with E-state index in [-0.39, 0.29) is 5.41 Å². The Morgan fingerprint density at radius 1 is 1.21 bits per heavy atom. The molecule has 0 unspecified atom stereocenters. The number of rotatable bonds is 4. The van der Waals surface area contributed by atoms with Gasteiger partial charge in [-0.15, -0.1) is 0 Å². The maximum absolute atomic E-state index is 4.30. The maximum Gasteiger partial charge on any atom is 0.0527 e. The van der Waals surface area contributed by atoms with Gasteiger partial charge < -0.3 is 0 Å². The molecule has 4 nitrogen and oxygen atoms in total. The van der Waals surface area contributed by atoms with E-state index in [0.29, 0.717) is 6.04 Å². The molecule has 108 valence electrons. The molecule has 4 heteroatoms. The fraction of sp³-hybridized carbons (Fsp3) is 0.800. The van der Waals surface area contributed by atoms with Crippen LogP contribution in [0.5, 0.6) is 0 Å². The van der Waals surface area contributed by atoms with Gasteiger partial charge in [0.2, 0.25) is 0 Å². The Balaban J connectivity index is 1.91. The SMILES string of the molecule is CC(C)N1CCN(CC(C)(C)c2cnn(C)c2)CC1. The van der Waals surface area contributed by atoms with Gasteiger partial charge >= 0.3 is 0 Å². The normalized spacial score (nSPS) is 19.3. The van der Waals surface area contributed by atoms with Gasteiger partial charge in [0.1, 0.15) is 0 Å². The minimum absolute atomic E-state index is 0.175. The van der Waals surface area contributed by atoms with Gasteiger partial charge in [0.15, 0.2) is 0 Å². The first-order valence-electron chi connectivity index (χ1n) is 7.34. The molecular formula is C15H28N4. The first-order valence-corrected chi connectivity index (χ1v) is 7.34. The largest absolute Gasteiger partial charge is 0.300 e. The Kier molecular flexibility index (Phi) is 4.31. The van der Waals surface area contributed by atoms with Crippen molar-refractivity contribution < 1.29 is 0 Å². The molecule has 1 aromatic heterocycles. The molecule has 0 spiro atoms. The Morgan fingerprint density at radius 3 is 2.32 bits per heavy atom. The van der Waals surface area contributed by atoms with E-state index in [9.17, 15) is 0 Å². The summed E-state index contributed by atoms with van der Waals surface area (Å²) in [6.07, 6.45) is 4.15. The number of hydrogen-bond donors (Lipinski definition) is 0. The van der Waals surface area contributed by atoms with Gasteiger partial charge in [-0.25, -0.2) is 0 Å². The zero-order valence-electron chi connectivity index (χ0n) is 13.1. The van der Waals surface area contributed by atoms with Crippen LogP contribution >= 0.6 is 0 Å². The van der Waals surface area contributed by atoms with Crippen molar-refractivity contribution in [3.63, 3.8) is 0 Å². The summed E-state index contributed by atoms with van der Waals surface area (Å²) in [7, 11) is 1.99.